The lowest BCUT2D eigenvalue weighted by Gasteiger charge is -2.18. The minimum Gasteiger partial charge on any atom is -0.312 e. The molecule has 84 valence electrons. The molecule has 0 saturated carbocycles. The number of hydrogen-bond acceptors (Lipinski definition) is 2. The van der Waals surface area contributed by atoms with Crippen molar-refractivity contribution in [2.24, 2.45) is 0 Å². The number of thioether (sulfide) groups is 1. The summed E-state index contributed by atoms with van der Waals surface area (Å²) in [6.45, 7) is 4.16. The molecular formula is C12H18FNS. The second-order valence-electron chi connectivity index (χ2n) is 3.50. The third-order valence-corrected chi connectivity index (χ3v) is 3.43. The smallest absolute Gasteiger partial charge is 0.123 e. The first-order chi connectivity index (χ1) is 7.19. The molecule has 0 bridgehead atoms. The Labute approximate surface area is 95.5 Å². The van der Waals surface area contributed by atoms with Crippen LogP contribution in [0.4, 0.5) is 4.39 Å². The summed E-state index contributed by atoms with van der Waals surface area (Å²) in [5, 5.41) is 3.23. The normalized spacial score (nSPS) is 12.8. The van der Waals surface area contributed by atoms with Crippen LogP contribution in [0.5, 0.6) is 0 Å². The van der Waals surface area contributed by atoms with Gasteiger partial charge in [0.25, 0.3) is 0 Å². The average Bonchev–Trinajstić information content (AvgIpc) is 2.24. The van der Waals surface area contributed by atoms with Crippen molar-refractivity contribution < 1.29 is 4.39 Å². The Morgan fingerprint density at radius 1 is 1.47 bits per heavy atom. The minimum absolute atomic E-state index is 0.155. The van der Waals surface area contributed by atoms with Crippen molar-refractivity contribution in [1.82, 2.24) is 5.32 Å². The van der Waals surface area contributed by atoms with Gasteiger partial charge in [-0.15, -0.1) is 0 Å². The molecule has 0 saturated heterocycles. The van der Waals surface area contributed by atoms with E-state index >= 15 is 0 Å². The van der Waals surface area contributed by atoms with Crippen molar-refractivity contribution in [2.45, 2.75) is 19.9 Å². The Balaban J connectivity index is 2.85. The lowest BCUT2D eigenvalue weighted by atomic mass is 10.0. The lowest BCUT2D eigenvalue weighted by molar-refractivity contribution is 0.609. The SMILES string of the molecule is CCSCC(NC)c1cc(F)ccc1C. The van der Waals surface area contributed by atoms with Gasteiger partial charge in [0.1, 0.15) is 5.82 Å². The van der Waals surface area contributed by atoms with Gasteiger partial charge < -0.3 is 5.32 Å². The Bertz CT molecular complexity index is 314. The van der Waals surface area contributed by atoms with E-state index in [1.165, 1.54) is 6.07 Å². The number of rotatable bonds is 5. The van der Waals surface area contributed by atoms with Crippen molar-refractivity contribution in [3.8, 4) is 0 Å². The second kappa shape index (κ2) is 6.13. The van der Waals surface area contributed by atoms with Crippen LogP contribution in [0.2, 0.25) is 0 Å². The van der Waals surface area contributed by atoms with Crippen LogP contribution >= 0.6 is 11.8 Å². The van der Waals surface area contributed by atoms with Crippen molar-refractivity contribution >= 4 is 11.8 Å². The summed E-state index contributed by atoms with van der Waals surface area (Å²) in [7, 11) is 1.92. The summed E-state index contributed by atoms with van der Waals surface area (Å²) in [5.74, 6) is 1.92. The zero-order chi connectivity index (χ0) is 11.3. The summed E-state index contributed by atoms with van der Waals surface area (Å²) >= 11 is 1.87. The standard InChI is InChI=1S/C12H18FNS/c1-4-15-8-12(14-3)11-7-10(13)6-5-9(11)2/h5-7,12,14H,4,8H2,1-3H3. The van der Waals surface area contributed by atoms with Gasteiger partial charge in [0.15, 0.2) is 0 Å². The highest BCUT2D eigenvalue weighted by molar-refractivity contribution is 7.99. The van der Waals surface area contributed by atoms with E-state index in [0.29, 0.717) is 0 Å². The van der Waals surface area contributed by atoms with Gasteiger partial charge in [0, 0.05) is 11.8 Å². The van der Waals surface area contributed by atoms with Gasteiger partial charge in [-0.3, -0.25) is 0 Å². The maximum atomic E-state index is 13.1. The van der Waals surface area contributed by atoms with Gasteiger partial charge in [-0.05, 0) is 43.0 Å². The van der Waals surface area contributed by atoms with Crippen molar-refractivity contribution in [3.63, 3.8) is 0 Å². The molecule has 0 amide bonds. The van der Waals surface area contributed by atoms with Crippen LogP contribution in [0.25, 0.3) is 0 Å². The molecule has 0 spiro atoms. The maximum absolute atomic E-state index is 13.1. The van der Waals surface area contributed by atoms with E-state index in [1.54, 1.807) is 6.07 Å². The van der Waals surface area contributed by atoms with E-state index in [0.717, 1.165) is 22.6 Å². The second-order valence-corrected chi connectivity index (χ2v) is 4.82. The zero-order valence-corrected chi connectivity index (χ0v) is 10.3. The molecule has 1 N–H and O–H groups in total. The van der Waals surface area contributed by atoms with E-state index in [4.69, 9.17) is 0 Å². The molecule has 0 fully saturated rings. The fourth-order valence-electron chi connectivity index (χ4n) is 1.55. The molecule has 0 aliphatic carbocycles. The summed E-state index contributed by atoms with van der Waals surface area (Å²) in [6, 6.07) is 5.22. The summed E-state index contributed by atoms with van der Waals surface area (Å²) < 4.78 is 13.1. The molecule has 0 aliphatic heterocycles. The topological polar surface area (TPSA) is 12.0 Å². The molecule has 15 heavy (non-hydrogen) atoms. The van der Waals surface area contributed by atoms with E-state index in [1.807, 2.05) is 31.8 Å². The summed E-state index contributed by atoms with van der Waals surface area (Å²) in [6.07, 6.45) is 0. The van der Waals surface area contributed by atoms with Gasteiger partial charge in [-0.1, -0.05) is 13.0 Å². The highest BCUT2D eigenvalue weighted by atomic mass is 32.2. The van der Waals surface area contributed by atoms with Gasteiger partial charge in [-0.25, -0.2) is 4.39 Å². The first kappa shape index (κ1) is 12.5. The van der Waals surface area contributed by atoms with Crippen LogP contribution in [0, 0.1) is 12.7 Å². The van der Waals surface area contributed by atoms with Crippen LogP contribution in [0.3, 0.4) is 0 Å². The Kier molecular flexibility index (Phi) is 5.12. The summed E-state index contributed by atoms with van der Waals surface area (Å²) in [4.78, 5) is 0. The molecular weight excluding hydrogens is 209 g/mol. The fourth-order valence-corrected chi connectivity index (χ4v) is 2.37. The van der Waals surface area contributed by atoms with Crippen molar-refractivity contribution in [3.05, 3.63) is 35.1 Å². The number of hydrogen-bond donors (Lipinski definition) is 1. The predicted molar refractivity (Wildman–Crippen MR) is 65.9 cm³/mol. The highest BCUT2D eigenvalue weighted by Gasteiger charge is 2.12. The maximum Gasteiger partial charge on any atom is 0.123 e. The van der Waals surface area contributed by atoms with Crippen LogP contribution in [0.15, 0.2) is 18.2 Å². The number of benzene rings is 1. The molecule has 1 atom stereocenters. The van der Waals surface area contributed by atoms with E-state index in [-0.39, 0.29) is 11.9 Å². The molecule has 1 rings (SSSR count). The Morgan fingerprint density at radius 3 is 2.80 bits per heavy atom. The van der Waals surface area contributed by atoms with Gasteiger partial charge in [0.05, 0.1) is 0 Å². The minimum atomic E-state index is -0.155. The molecule has 1 unspecified atom stereocenters. The van der Waals surface area contributed by atoms with Crippen molar-refractivity contribution in [1.29, 1.82) is 0 Å². The average molecular weight is 227 g/mol. The van der Waals surface area contributed by atoms with Crippen LogP contribution in [0.1, 0.15) is 24.1 Å². The molecule has 0 radical (unpaired) electrons. The van der Waals surface area contributed by atoms with Crippen LogP contribution in [-0.4, -0.2) is 18.6 Å². The van der Waals surface area contributed by atoms with Gasteiger partial charge in [0.2, 0.25) is 0 Å². The highest BCUT2D eigenvalue weighted by Crippen LogP contribution is 2.22. The van der Waals surface area contributed by atoms with E-state index in [2.05, 4.69) is 12.2 Å². The number of nitrogens with one attached hydrogen (secondary N) is 1. The largest absolute Gasteiger partial charge is 0.312 e. The first-order valence-corrected chi connectivity index (χ1v) is 6.35. The molecule has 0 heterocycles. The number of halogens is 1. The van der Waals surface area contributed by atoms with Crippen LogP contribution in [-0.2, 0) is 0 Å². The lowest BCUT2D eigenvalue weighted by Crippen LogP contribution is -2.20. The molecule has 0 aliphatic rings. The van der Waals surface area contributed by atoms with E-state index in [9.17, 15) is 4.39 Å². The monoisotopic (exact) mass is 227 g/mol. The molecule has 1 aromatic carbocycles. The molecule has 3 heteroatoms. The molecule has 0 aromatic heterocycles. The van der Waals surface area contributed by atoms with Gasteiger partial charge in [-0.2, -0.15) is 11.8 Å². The fraction of sp³-hybridized carbons (Fsp3) is 0.500. The zero-order valence-electron chi connectivity index (χ0n) is 9.51. The quantitative estimate of drug-likeness (QED) is 0.829. The Hall–Kier alpha value is -0.540. The molecule has 1 aromatic rings. The third-order valence-electron chi connectivity index (χ3n) is 2.45. The van der Waals surface area contributed by atoms with E-state index < -0.39 is 0 Å². The van der Waals surface area contributed by atoms with Crippen molar-refractivity contribution in [2.75, 3.05) is 18.6 Å². The predicted octanol–water partition coefficient (Wildman–Crippen LogP) is 3.15. The van der Waals surface area contributed by atoms with Crippen LogP contribution < -0.4 is 5.32 Å². The first-order valence-electron chi connectivity index (χ1n) is 5.20. The van der Waals surface area contributed by atoms with Gasteiger partial charge >= 0.3 is 0 Å². The Morgan fingerprint density at radius 2 is 2.20 bits per heavy atom. The summed E-state index contributed by atoms with van der Waals surface area (Å²) in [5.41, 5.74) is 2.21. The number of aryl methyl sites for hydroxylation is 1. The molecule has 1 nitrogen and oxygen atoms in total. The third kappa shape index (κ3) is 3.50.